The molecule has 1 saturated heterocycles. The fraction of sp³-hybridized carbons (Fsp3) is 0.278. The lowest BCUT2D eigenvalue weighted by Crippen LogP contribution is -2.33. The van der Waals surface area contributed by atoms with Gasteiger partial charge < -0.3 is 14.6 Å². The number of nitro benzene ring substituents is 1. The molecule has 0 aliphatic carbocycles. The van der Waals surface area contributed by atoms with Gasteiger partial charge >= 0.3 is 11.7 Å². The second-order valence-corrected chi connectivity index (χ2v) is 6.91. The van der Waals surface area contributed by atoms with E-state index in [2.05, 4.69) is 20.9 Å². The Morgan fingerprint density at radius 2 is 2.10 bits per heavy atom. The molecule has 0 saturated carbocycles. The van der Waals surface area contributed by atoms with Crippen LogP contribution in [0.25, 0.3) is 6.08 Å². The molecular formula is C18H16BrN3O8. The van der Waals surface area contributed by atoms with Gasteiger partial charge in [0.05, 0.1) is 22.2 Å². The SMILES string of the molecule is O=C(OC[C@H]1O[C@@H](n2cc(C=CBr)c(=O)[nH]c2=O)C[C@@H]1O)c1ccc([N+](=O)[O-])cc1. The summed E-state index contributed by atoms with van der Waals surface area (Å²) >= 11 is 3.06. The number of nitro groups is 1. The summed E-state index contributed by atoms with van der Waals surface area (Å²) in [5.41, 5.74) is -1.12. The summed E-state index contributed by atoms with van der Waals surface area (Å²) in [7, 11) is 0. The smallest absolute Gasteiger partial charge is 0.338 e. The first-order chi connectivity index (χ1) is 14.3. The third kappa shape index (κ3) is 4.72. The number of nitrogens with one attached hydrogen (secondary N) is 1. The number of H-pyrrole nitrogens is 1. The molecule has 158 valence electrons. The average molecular weight is 482 g/mol. The zero-order valence-corrected chi connectivity index (χ0v) is 16.9. The molecule has 3 atom stereocenters. The summed E-state index contributed by atoms with van der Waals surface area (Å²) in [6, 6.07) is 4.87. The van der Waals surface area contributed by atoms with E-state index in [0.717, 1.165) is 4.57 Å². The average Bonchev–Trinajstić information content (AvgIpc) is 3.08. The second-order valence-electron chi connectivity index (χ2n) is 6.38. The number of hydrogen-bond donors (Lipinski definition) is 2. The molecule has 30 heavy (non-hydrogen) atoms. The number of carbonyl (C=O) groups excluding carboxylic acids is 1. The van der Waals surface area contributed by atoms with Crippen LogP contribution in [0.4, 0.5) is 5.69 Å². The minimum absolute atomic E-state index is 0.0448. The molecule has 2 heterocycles. The van der Waals surface area contributed by atoms with E-state index in [1.54, 1.807) is 0 Å². The number of ether oxygens (including phenoxy) is 2. The number of aliphatic hydroxyl groups excluding tert-OH is 1. The van der Waals surface area contributed by atoms with Gasteiger partial charge in [-0.05, 0) is 23.2 Å². The van der Waals surface area contributed by atoms with E-state index in [4.69, 9.17) is 9.47 Å². The van der Waals surface area contributed by atoms with E-state index in [9.17, 15) is 29.6 Å². The van der Waals surface area contributed by atoms with Crippen LogP contribution in [0.1, 0.15) is 28.6 Å². The number of benzene rings is 1. The van der Waals surface area contributed by atoms with Gasteiger partial charge in [-0.15, -0.1) is 0 Å². The van der Waals surface area contributed by atoms with Gasteiger partial charge in [-0.2, -0.15) is 0 Å². The van der Waals surface area contributed by atoms with Gasteiger partial charge in [-0.1, -0.05) is 15.9 Å². The lowest BCUT2D eigenvalue weighted by Gasteiger charge is -2.16. The fourth-order valence-electron chi connectivity index (χ4n) is 2.90. The van der Waals surface area contributed by atoms with Crippen LogP contribution in [0.5, 0.6) is 0 Å². The highest BCUT2D eigenvalue weighted by atomic mass is 79.9. The van der Waals surface area contributed by atoms with Gasteiger partial charge in [0.25, 0.3) is 11.2 Å². The normalized spacial score (nSPS) is 21.1. The minimum atomic E-state index is -1.02. The quantitative estimate of drug-likeness (QED) is 0.355. The van der Waals surface area contributed by atoms with E-state index in [-0.39, 0.29) is 29.8 Å². The molecule has 1 aliphatic heterocycles. The van der Waals surface area contributed by atoms with E-state index in [1.165, 1.54) is 41.5 Å². The minimum Gasteiger partial charge on any atom is -0.459 e. The Balaban J connectivity index is 1.66. The summed E-state index contributed by atoms with van der Waals surface area (Å²) < 4.78 is 11.9. The summed E-state index contributed by atoms with van der Waals surface area (Å²) in [6.07, 6.45) is 0.0171. The van der Waals surface area contributed by atoms with Crippen LogP contribution in [0.15, 0.2) is 45.0 Å². The van der Waals surface area contributed by atoms with E-state index < -0.39 is 40.6 Å². The van der Waals surface area contributed by atoms with E-state index >= 15 is 0 Å². The number of esters is 1. The number of non-ortho nitro benzene ring substituents is 1. The molecular weight excluding hydrogens is 466 g/mol. The van der Waals surface area contributed by atoms with Crippen LogP contribution in [0.3, 0.4) is 0 Å². The third-order valence-electron chi connectivity index (χ3n) is 4.44. The maximum Gasteiger partial charge on any atom is 0.338 e. The van der Waals surface area contributed by atoms with Gasteiger partial charge in [-0.3, -0.25) is 24.5 Å². The van der Waals surface area contributed by atoms with Crippen molar-refractivity contribution in [2.45, 2.75) is 24.9 Å². The number of halogens is 1. The van der Waals surface area contributed by atoms with Crippen molar-refractivity contribution < 1.29 is 24.3 Å². The first-order valence-electron chi connectivity index (χ1n) is 8.67. The molecule has 1 aromatic carbocycles. The van der Waals surface area contributed by atoms with Crippen LogP contribution in [0.2, 0.25) is 0 Å². The van der Waals surface area contributed by atoms with Crippen LogP contribution in [-0.4, -0.2) is 44.4 Å². The zero-order chi connectivity index (χ0) is 21.8. The predicted octanol–water partition coefficient (Wildman–Crippen LogP) is 1.32. The molecule has 0 bridgehead atoms. The Kier molecular flexibility index (Phi) is 6.59. The summed E-state index contributed by atoms with van der Waals surface area (Å²) in [5.74, 6) is -0.741. The number of nitrogens with zero attached hydrogens (tertiary/aromatic N) is 2. The van der Waals surface area contributed by atoms with Crippen molar-refractivity contribution in [3.05, 3.63) is 77.5 Å². The van der Waals surface area contributed by atoms with Crippen molar-refractivity contribution in [1.82, 2.24) is 9.55 Å². The van der Waals surface area contributed by atoms with Crippen molar-refractivity contribution in [2.75, 3.05) is 6.61 Å². The molecule has 0 unspecified atom stereocenters. The van der Waals surface area contributed by atoms with Crippen LogP contribution < -0.4 is 11.2 Å². The molecule has 1 aliphatic rings. The topological polar surface area (TPSA) is 154 Å². The first kappa shape index (κ1) is 21.6. The molecule has 0 spiro atoms. The van der Waals surface area contributed by atoms with Gasteiger partial charge in [-0.25, -0.2) is 9.59 Å². The maximum atomic E-state index is 12.1. The molecule has 0 amide bonds. The summed E-state index contributed by atoms with van der Waals surface area (Å²) in [5, 5.41) is 20.9. The Hall–Kier alpha value is -3.09. The molecule has 2 N–H and O–H groups in total. The maximum absolute atomic E-state index is 12.1. The van der Waals surface area contributed by atoms with Crippen molar-refractivity contribution >= 4 is 33.7 Å². The standard InChI is InChI=1S/C18H16BrN3O8/c19-6-5-11-8-21(18(26)20-16(11)24)15-7-13(23)14(30-15)9-29-17(25)10-1-3-12(4-2-10)22(27)28/h1-6,8,13-15,23H,7,9H2,(H,20,24,26)/t13-,14+,15+/m0/s1. The molecule has 12 heteroatoms. The van der Waals surface area contributed by atoms with Crippen LogP contribution in [0, 0.1) is 10.1 Å². The Morgan fingerprint density at radius 1 is 1.40 bits per heavy atom. The van der Waals surface area contributed by atoms with Crippen molar-refractivity contribution in [3.8, 4) is 0 Å². The zero-order valence-electron chi connectivity index (χ0n) is 15.3. The lowest BCUT2D eigenvalue weighted by atomic mass is 10.2. The van der Waals surface area contributed by atoms with E-state index in [0.29, 0.717) is 0 Å². The first-order valence-corrected chi connectivity index (χ1v) is 9.59. The number of aromatic amines is 1. The number of carbonyl (C=O) groups is 1. The Labute approximate surface area is 176 Å². The van der Waals surface area contributed by atoms with Crippen LogP contribution >= 0.6 is 15.9 Å². The third-order valence-corrected chi connectivity index (χ3v) is 4.71. The van der Waals surface area contributed by atoms with Crippen molar-refractivity contribution in [2.24, 2.45) is 0 Å². The molecule has 3 rings (SSSR count). The van der Waals surface area contributed by atoms with Gasteiger partial charge in [0, 0.05) is 24.8 Å². The monoisotopic (exact) mass is 481 g/mol. The fourth-order valence-corrected chi connectivity index (χ4v) is 3.18. The molecule has 11 nitrogen and oxygen atoms in total. The van der Waals surface area contributed by atoms with Crippen molar-refractivity contribution in [3.63, 3.8) is 0 Å². The number of aromatic nitrogens is 2. The highest BCUT2D eigenvalue weighted by molar-refractivity contribution is 9.11. The lowest BCUT2D eigenvalue weighted by molar-refractivity contribution is -0.384. The second kappa shape index (κ2) is 9.15. The molecule has 1 aromatic heterocycles. The number of rotatable bonds is 6. The highest BCUT2D eigenvalue weighted by Crippen LogP contribution is 2.28. The van der Waals surface area contributed by atoms with Gasteiger partial charge in [0.15, 0.2) is 0 Å². The largest absolute Gasteiger partial charge is 0.459 e. The van der Waals surface area contributed by atoms with Crippen molar-refractivity contribution in [1.29, 1.82) is 0 Å². The van der Waals surface area contributed by atoms with Gasteiger partial charge in [0.1, 0.15) is 18.9 Å². The van der Waals surface area contributed by atoms with Crippen LogP contribution in [-0.2, 0) is 9.47 Å². The summed E-state index contributed by atoms with van der Waals surface area (Å²) in [4.78, 5) is 49.7. The highest BCUT2D eigenvalue weighted by Gasteiger charge is 2.36. The Bertz CT molecular complexity index is 1090. The summed E-state index contributed by atoms with van der Waals surface area (Å²) in [6.45, 7) is -0.292. The molecule has 1 fully saturated rings. The van der Waals surface area contributed by atoms with Gasteiger partial charge in [0.2, 0.25) is 0 Å². The van der Waals surface area contributed by atoms with E-state index in [1.807, 2.05) is 0 Å². The predicted molar refractivity (Wildman–Crippen MR) is 107 cm³/mol. The molecule has 0 radical (unpaired) electrons. The Morgan fingerprint density at radius 3 is 2.73 bits per heavy atom. The number of aliphatic hydroxyl groups is 1. The molecule has 2 aromatic rings. The number of hydrogen-bond acceptors (Lipinski definition) is 8.